The summed E-state index contributed by atoms with van der Waals surface area (Å²) >= 11 is 5.99. The Morgan fingerprint density at radius 3 is 2.57 bits per heavy atom. The van der Waals surface area contributed by atoms with E-state index < -0.39 is 5.97 Å². The molecule has 0 radical (unpaired) electrons. The number of carboxylic acid groups (broad SMARTS) is 1. The highest BCUT2D eigenvalue weighted by Crippen LogP contribution is 2.45. The van der Waals surface area contributed by atoms with Crippen LogP contribution in [-0.2, 0) is 4.79 Å². The highest BCUT2D eigenvalue weighted by Gasteiger charge is 2.43. The third-order valence-corrected chi connectivity index (χ3v) is 3.91. The van der Waals surface area contributed by atoms with Gasteiger partial charge >= 0.3 is 5.97 Å². The fraction of sp³-hybridized carbons (Fsp3) is 0.909. The van der Waals surface area contributed by atoms with E-state index in [0.717, 1.165) is 44.9 Å². The minimum Gasteiger partial charge on any atom is -0.481 e. The van der Waals surface area contributed by atoms with Crippen LogP contribution < -0.4 is 0 Å². The molecule has 3 heteroatoms. The Morgan fingerprint density at radius 2 is 2.21 bits per heavy atom. The number of hydrogen-bond acceptors (Lipinski definition) is 1. The Kier molecular flexibility index (Phi) is 4.24. The molecule has 0 aromatic heterocycles. The van der Waals surface area contributed by atoms with Gasteiger partial charge in [-0.25, -0.2) is 0 Å². The molecular formula is C11H19ClO2. The van der Waals surface area contributed by atoms with E-state index in [1.807, 2.05) is 0 Å². The summed E-state index contributed by atoms with van der Waals surface area (Å²) in [6.45, 7) is 2.06. The monoisotopic (exact) mass is 218 g/mol. The van der Waals surface area contributed by atoms with Crippen LogP contribution in [0.25, 0.3) is 0 Å². The summed E-state index contributed by atoms with van der Waals surface area (Å²) in [5.41, 5.74) is -0.385. The molecule has 82 valence electrons. The van der Waals surface area contributed by atoms with Gasteiger partial charge in [-0.15, -0.1) is 11.6 Å². The fourth-order valence-corrected chi connectivity index (χ4v) is 2.19. The molecule has 0 spiro atoms. The molecule has 1 rings (SSSR count). The molecule has 14 heavy (non-hydrogen) atoms. The maximum atomic E-state index is 11.0. The van der Waals surface area contributed by atoms with E-state index in [1.165, 1.54) is 0 Å². The zero-order valence-corrected chi connectivity index (χ0v) is 9.52. The zero-order chi connectivity index (χ0) is 10.6. The number of rotatable bonds is 6. The predicted molar refractivity (Wildman–Crippen MR) is 57.7 cm³/mol. The van der Waals surface area contributed by atoms with Crippen molar-refractivity contribution in [1.29, 1.82) is 0 Å². The quantitative estimate of drug-likeness (QED) is 0.694. The summed E-state index contributed by atoms with van der Waals surface area (Å²) in [5.74, 6) is -0.605. The van der Waals surface area contributed by atoms with Crippen LogP contribution in [0.3, 0.4) is 0 Å². The van der Waals surface area contributed by atoms with E-state index in [-0.39, 0.29) is 10.8 Å². The first kappa shape index (κ1) is 11.8. The number of aliphatic carboxylic acids is 1. The Bertz CT molecular complexity index is 199. The normalized spacial score (nSPS) is 21.3. The Hall–Kier alpha value is -0.240. The van der Waals surface area contributed by atoms with E-state index in [1.54, 1.807) is 0 Å². The average molecular weight is 219 g/mol. The van der Waals surface area contributed by atoms with E-state index >= 15 is 0 Å². The lowest BCUT2D eigenvalue weighted by Crippen LogP contribution is -2.37. The highest BCUT2D eigenvalue weighted by atomic mass is 35.5. The molecule has 1 N–H and O–H groups in total. The second-order valence-corrected chi connectivity index (χ2v) is 4.95. The lowest BCUT2D eigenvalue weighted by atomic mass is 9.66. The van der Waals surface area contributed by atoms with Gasteiger partial charge < -0.3 is 5.11 Å². The first-order valence-electron chi connectivity index (χ1n) is 5.48. The molecule has 0 saturated heterocycles. The molecular weight excluding hydrogens is 200 g/mol. The standard InChI is InChI=1S/C11H19ClO2/c1-2-9(12)5-3-6-11(10(13)14)7-4-8-11/h9H,2-8H2,1H3,(H,13,14). The minimum absolute atomic E-state index is 0.223. The van der Waals surface area contributed by atoms with E-state index in [4.69, 9.17) is 16.7 Å². The molecule has 0 amide bonds. The molecule has 1 atom stereocenters. The van der Waals surface area contributed by atoms with Gasteiger partial charge in [-0.2, -0.15) is 0 Å². The van der Waals surface area contributed by atoms with Crippen LogP contribution in [0.4, 0.5) is 0 Å². The zero-order valence-electron chi connectivity index (χ0n) is 8.76. The maximum Gasteiger partial charge on any atom is 0.309 e. The van der Waals surface area contributed by atoms with Crippen LogP contribution in [0.1, 0.15) is 51.9 Å². The third-order valence-electron chi connectivity index (χ3n) is 3.38. The summed E-state index contributed by atoms with van der Waals surface area (Å²) in [5, 5.41) is 9.30. The molecule has 0 heterocycles. The smallest absolute Gasteiger partial charge is 0.309 e. The van der Waals surface area contributed by atoms with Crippen molar-refractivity contribution in [1.82, 2.24) is 0 Å². The molecule has 1 fully saturated rings. The first-order valence-corrected chi connectivity index (χ1v) is 5.92. The van der Waals surface area contributed by atoms with Gasteiger partial charge in [0.15, 0.2) is 0 Å². The topological polar surface area (TPSA) is 37.3 Å². The number of alkyl halides is 1. The fourth-order valence-electron chi connectivity index (χ4n) is 2.04. The lowest BCUT2D eigenvalue weighted by Gasteiger charge is -2.37. The molecule has 1 unspecified atom stereocenters. The van der Waals surface area contributed by atoms with E-state index in [9.17, 15) is 4.79 Å². The number of carboxylic acids is 1. The van der Waals surface area contributed by atoms with Gasteiger partial charge in [0, 0.05) is 5.38 Å². The summed E-state index contributed by atoms with van der Waals surface area (Å²) < 4.78 is 0. The van der Waals surface area contributed by atoms with Crippen LogP contribution in [0.5, 0.6) is 0 Å². The summed E-state index contributed by atoms with van der Waals surface area (Å²) in [4.78, 5) is 11.0. The van der Waals surface area contributed by atoms with E-state index in [0.29, 0.717) is 0 Å². The Balaban J connectivity index is 2.25. The van der Waals surface area contributed by atoms with Crippen molar-refractivity contribution in [3.63, 3.8) is 0 Å². The van der Waals surface area contributed by atoms with Crippen molar-refractivity contribution >= 4 is 17.6 Å². The van der Waals surface area contributed by atoms with Crippen molar-refractivity contribution in [3.8, 4) is 0 Å². The van der Waals surface area contributed by atoms with Gasteiger partial charge in [0.2, 0.25) is 0 Å². The van der Waals surface area contributed by atoms with Gasteiger partial charge in [-0.3, -0.25) is 4.79 Å². The van der Waals surface area contributed by atoms with E-state index in [2.05, 4.69) is 6.92 Å². The van der Waals surface area contributed by atoms with Crippen LogP contribution >= 0.6 is 11.6 Å². The van der Waals surface area contributed by atoms with Crippen molar-refractivity contribution in [2.24, 2.45) is 5.41 Å². The molecule has 0 aromatic rings. The van der Waals surface area contributed by atoms with Crippen LogP contribution in [0.2, 0.25) is 0 Å². The number of carbonyl (C=O) groups is 1. The van der Waals surface area contributed by atoms with Gasteiger partial charge in [-0.1, -0.05) is 19.8 Å². The number of halogens is 1. The van der Waals surface area contributed by atoms with Crippen molar-refractivity contribution in [2.75, 3.05) is 0 Å². The predicted octanol–water partition coefficient (Wildman–Crippen LogP) is 3.43. The third kappa shape index (κ3) is 2.63. The lowest BCUT2D eigenvalue weighted by molar-refractivity contribution is -0.155. The van der Waals surface area contributed by atoms with Crippen molar-refractivity contribution in [3.05, 3.63) is 0 Å². The average Bonchev–Trinajstić information content (AvgIpc) is 2.08. The van der Waals surface area contributed by atoms with Crippen molar-refractivity contribution in [2.45, 2.75) is 57.2 Å². The molecule has 1 saturated carbocycles. The van der Waals surface area contributed by atoms with Crippen LogP contribution in [0.15, 0.2) is 0 Å². The first-order chi connectivity index (χ1) is 6.60. The largest absolute Gasteiger partial charge is 0.481 e. The van der Waals surface area contributed by atoms with Crippen LogP contribution in [0, 0.1) is 5.41 Å². The summed E-state index contributed by atoms with van der Waals surface area (Å²) in [6.07, 6.45) is 6.49. The second kappa shape index (κ2) is 5.01. The molecule has 1 aliphatic rings. The Labute approximate surface area is 90.6 Å². The van der Waals surface area contributed by atoms with Crippen molar-refractivity contribution < 1.29 is 9.90 Å². The molecule has 1 aliphatic carbocycles. The second-order valence-electron chi connectivity index (χ2n) is 4.34. The highest BCUT2D eigenvalue weighted by molar-refractivity contribution is 6.20. The molecule has 2 nitrogen and oxygen atoms in total. The summed E-state index contributed by atoms with van der Waals surface area (Å²) in [7, 11) is 0. The minimum atomic E-state index is -0.605. The van der Waals surface area contributed by atoms with Crippen LogP contribution in [-0.4, -0.2) is 16.5 Å². The molecule has 0 bridgehead atoms. The molecule has 0 aromatic carbocycles. The van der Waals surface area contributed by atoms with Gasteiger partial charge in [0.05, 0.1) is 5.41 Å². The van der Waals surface area contributed by atoms with Gasteiger partial charge in [-0.05, 0) is 32.1 Å². The molecule has 0 aliphatic heterocycles. The maximum absolute atomic E-state index is 11.0. The number of hydrogen-bond donors (Lipinski definition) is 1. The Morgan fingerprint density at radius 1 is 1.57 bits per heavy atom. The van der Waals surface area contributed by atoms with Gasteiger partial charge in [0.25, 0.3) is 0 Å². The SMILES string of the molecule is CCC(Cl)CCCC1(C(=O)O)CCC1. The van der Waals surface area contributed by atoms with Gasteiger partial charge in [0.1, 0.15) is 0 Å². The summed E-state index contributed by atoms with van der Waals surface area (Å²) in [6, 6.07) is 0.